The molecule has 1 saturated heterocycles. The zero-order valence-electron chi connectivity index (χ0n) is 12.2. The molecule has 1 fully saturated rings. The smallest absolute Gasteiger partial charge is 0.279 e. The Morgan fingerprint density at radius 3 is 2.60 bits per heavy atom. The summed E-state index contributed by atoms with van der Waals surface area (Å²) in [6, 6.07) is 7.05. The van der Waals surface area contributed by atoms with Crippen molar-refractivity contribution >= 4 is 17.4 Å². The number of anilines is 1. The fraction of sp³-hybridized carbons (Fsp3) is 0.500. The van der Waals surface area contributed by atoms with Crippen molar-refractivity contribution in [1.82, 2.24) is 0 Å². The predicted molar refractivity (Wildman–Crippen MR) is 79.0 cm³/mol. The van der Waals surface area contributed by atoms with E-state index in [1.54, 1.807) is 24.3 Å². The Kier molecular flexibility index (Phi) is 4.90. The molecule has 2 atom stereocenters. The fourth-order valence-electron chi connectivity index (χ4n) is 2.78. The SMILES string of the molecule is CC(=O)c1ccc(NC(=O)C[NH+]2CCC[C@@H](C)C2)cc1. The molecular weight excluding hydrogens is 252 g/mol. The van der Waals surface area contributed by atoms with E-state index in [1.165, 1.54) is 24.7 Å². The van der Waals surface area contributed by atoms with Crippen LogP contribution in [0.2, 0.25) is 0 Å². The molecule has 2 rings (SSSR count). The van der Waals surface area contributed by atoms with Crippen molar-refractivity contribution in [1.29, 1.82) is 0 Å². The zero-order valence-corrected chi connectivity index (χ0v) is 12.2. The van der Waals surface area contributed by atoms with Crippen LogP contribution in [0, 0.1) is 5.92 Å². The number of benzene rings is 1. The average Bonchev–Trinajstić information content (AvgIpc) is 2.39. The summed E-state index contributed by atoms with van der Waals surface area (Å²) in [5, 5.41) is 2.90. The van der Waals surface area contributed by atoms with Crippen LogP contribution in [0.15, 0.2) is 24.3 Å². The molecule has 4 heteroatoms. The Hall–Kier alpha value is -1.68. The van der Waals surface area contributed by atoms with Crippen molar-refractivity contribution in [3.8, 4) is 0 Å². The third-order valence-electron chi connectivity index (χ3n) is 3.85. The standard InChI is InChI=1S/C16H22N2O2/c1-12-4-3-9-18(10-12)11-16(20)17-15-7-5-14(6-8-15)13(2)19/h5-8,12H,3-4,9-11H2,1-2H3,(H,17,20)/p+1/t12-/m1/s1. The Morgan fingerprint density at radius 1 is 1.30 bits per heavy atom. The first-order valence-corrected chi connectivity index (χ1v) is 7.29. The number of Topliss-reactive ketones (excluding diaryl/α,β-unsaturated/α-hetero) is 1. The van der Waals surface area contributed by atoms with Crippen LogP contribution in [0.25, 0.3) is 0 Å². The summed E-state index contributed by atoms with van der Waals surface area (Å²) in [6.45, 7) is 6.47. The molecule has 1 aliphatic rings. The molecule has 4 nitrogen and oxygen atoms in total. The van der Waals surface area contributed by atoms with Crippen LogP contribution in [0.4, 0.5) is 5.69 Å². The highest BCUT2D eigenvalue weighted by Crippen LogP contribution is 2.10. The van der Waals surface area contributed by atoms with Crippen molar-refractivity contribution in [2.24, 2.45) is 5.92 Å². The number of amides is 1. The van der Waals surface area contributed by atoms with E-state index in [0.29, 0.717) is 18.0 Å². The number of carbonyl (C=O) groups is 2. The van der Waals surface area contributed by atoms with Crippen molar-refractivity contribution < 1.29 is 14.5 Å². The van der Waals surface area contributed by atoms with E-state index >= 15 is 0 Å². The number of ketones is 1. The van der Waals surface area contributed by atoms with Crippen molar-refractivity contribution in [3.63, 3.8) is 0 Å². The summed E-state index contributed by atoms with van der Waals surface area (Å²) in [5.41, 5.74) is 1.42. The number of hydrogen-bond acceptors (Lipinski definition) is 2. The lowest BCUT2D eigenvalue weighted by Gasteiger charge is -2.27. The van der Waals surface area contributed by atoms with Gasteiger partial charge in [-0.05, 0) is 44.0 Å². The molecule has 1 aromatic rings. The summed E-state index contributed by atoms with van der Waals surface area (Å²) in [4.78, 5) is 24.6. The van der Waals surface area contributed by atoms with Gasteiger partial charge in [0.15, 0.2) is 12.3 Å². The summed E-state index contributed by atoms with van der Waals surface area (Å²) in [6.07, 6.45) is 2.48. The van der Waals surface area contributed by atoms with Crippen LogP contribution in [-0.4, -0.2) is 31.3 Å². The van der Waals surface area contributed by atoms with E-state index in [-0.39, 0.29) is 11.7 Å². The van der Waals surface area contributed by atoms with Crippen LogP contribution >= 0.6 is 0 Å². The summed E-state index contributed by atoms with van der Waals surface area (Å²) in [7, 11) is 0. The maximum Gasteiger partial charge on any atom is 0.279 e. The Labute approximate surface area is 120 Å². The van der Waals surface area contributed by atoms with Gasteiger partial charge < -0.3 is 10.2 Å². The van der Waals surface area contributed by atoms with Gasteiger partial charge in [-0.25, -0.2) is 0 Å². The van der Waals surface area contributed by atoms with E-state index in [2.05, 4.69) is 12.2 Å². The van der Waals surface area contributed by atoms with Gasteiger partial charge in [-0.15, -0.1) is 0 Å². The summed E-state index contributed by atoms with van der Waals surface area (Å²) in [5.74, 6) is 0.792. The van der Waals surface area contributed by atoms with Gasteiger partial charge in [0.2, 0.25) is 0 Å². The molecule has 1 amide bonds. The van der Waals surface area contributed by atoms with Crippen LogP contribution in [0.1, 0.15) is 37.0 Å². The molecular formula is C16H23N2O2+. The molecule has 1 heterocycles. The molecule has 1 unspecified atom stereocenters. The first-order chi connectivity index (χ1) is 9.54. The number of piperidine rings is 1. The van der Waals surface area contributed by atoms with Gasteiger partial charge in [-0.2, -0.15) is 0 Å². The molecule has 2 N–H and O–H groups in total. The summed E-state index contributed by atoms with van der Waals surface area (Å²) < 4.78 is 0. The van der Waals surface area contributed by atoms with Crippen molar-refractivity contribution in [3.05, 3.63) is 29.8 Å². The Balaban J connectivity index is 1.86. The quantitative estimate of drug-likeness (QED) is 0.810. The predicted octanol–water partition coefficient (Wildman–Crippen LogP) is 1.14. The lowest BCUT2D eigenvalue weighted by atomic mass is 10.0. The Bertz CT molecular complexity index is 482. The number of carbonyl (C=O) groups excluding carboxylic acids is 2. The number of nitrogens with one attached hydrogen (secondary N) is 2. The third kappa shape index (κ3) is 4.17. The number of rotatable bonds is 4. The minimum Gasteiger partial charge on any atom is -0.327 e. The topological polar surface area (TPSA) is 50.6 Å². The highest BCUT2D eigenvalue weighted by Gasteiger charge is 2.21. The molecule has 0 aliphatic carbocycles. The minimum absolute atomic E-state index is 0.0367. The molecule has 0 saturated carbocycles. The molecule has 0 bridgehead atoms. The highest BCUT2D eigenvalue weighted by atomic mass is 16.2. The fourth-order valence-corrected chi connectivity index (χ4v) is 2.78. The second-order valence-electron chi connectivity index (χ2n) is 5.81. The molecule has 1 aromatic carbocycles. The van der Waals surface area contributed by atoms with Gasteiger partial charge in [0, 0.05) is 17.2 Å². The second-order valence-corrected chi connectivity index (χ2v) is 5.81. The monoisotopic (exact) mass is 275 g/mol. The van der Waals surface area contributed by atoms with Crippen molar-refractivity contribution in [2.45, 2.75) is 26.7 Å². The maximum atomic E-state index is 12.0. The molecule has 0 spiro atoms. The number of hydrogen-bond donors (Lipinski definition) is 2. The minimum atomic E-state index is 0.0367. The van der Waals surface area contributed by atoms with Crippen LogP contribution in [0.5, 0.6) is 0 Å². The van der Waals surface area contributed by atoms with Gasteiger partial charge in [-0.3, -0.25) is 9.59 Å². The lowest BCUT2D eigenvalue weighted by molar-refractivity contribution is -0.900. The van der Waals surface area contributed by atoms with Crippen LogP contribution < -0.4 is 10.2 Å². The molecule has 20 heavy (non-hydrogen) atoms. The Morgan fingerprint density at radius 2 is 2.00 bits per heavy atom. The van der Waals surface area contributed by atoms with E-state index < -0.39 is 0 Å². The lowest BCUT2D eigenvalue weighted by Crippen LogP contribution is -3.14. The molecule has 0 radical (unpaired) electrons. The summed E-state index contributed by atoms with van der Waals surface area (Å²) >= 11 is 0. The van der Waals surface area contributed by atoms with E-state index in [0.717, 1.165) is 18.8 Å². The second kappa shape index (κ2) is 6.66. The van der Waals surface area contributed by atoms with E-state index in [4.69, 9.17) is 0 Å². The van der Waals surface area contributed by atoms with E-state index in [1.807, 2.05) is 0 Å². The number of quaternary nitrogens is 1. The zero-order chi connectivity index (χ0) is 14.5. The van der Waals surface area contributed by atoms with Gasteiger partial charge in [0.1, 0.15) is 0 Å². The largest absolute Gasteiger partial charge is 0.327 e. The van der Waals surface area contributed by atoms with Gasteiger partial charge in [-0.1, -0.05) is 6.92 Å². The number of likely N-dealkylation sites (tertiary alicyclic amines) is 1. The average molecular weight is 275 g/mol. The maximum absolute atomic E-state index is 12.0. The normalized spacial score (nSPS) is 22.3. The van der Waals surface area contributed by atoms with Gasteiger partial charge in [0.25, 0.3) is 5.91 Å². The highest BCUT2D eigenvalue weighted by molar-refractivity contribution is 5.95. The third-order valence-corrected chi connectivity index (χ3v) is 3.85. The molecule has 108 valence electrons. The van der Waals surface area contributed by atoms with Crippen molar-refractivity contribution in [2.75, 3.05) is 25.0 Å². The first-order valence-electron chi connectivity index (χ1n) is 7.29. The van der Waals surface area contributed by atoms with E-state index in [9.17, 15) is 9.59 Å². The van der Waals surface area contributed by atoms with Gasteiger partial charge >= 0.3 is 0 Å². The van der Waals surface area contributed by atoms with Gasteiger partial charge in [0.05, 0.1) is 13.1 Å². The van der Waals surface area contributed by atoms with Crippen LogP contribution in [0.3, 0.4) is 0 Å². The molecule has 0 aromatic heterocycles. The van der Waals surface area contributed by atoms with Crippen LogP contribution in [-0.2, 0) is 4.79 Å². The first kappa shape index (κ1) is 14.7. The molecule has 1 aliphatic heterocycles.